The maximum atomic E-state index is 14.4. The molecule has 0 unspecified atom stereocenters. The number of rotatable bonds is 15. The molecule has 4 nitrogen and oxygen atoms in total. The first kappa shape index (κ1) is 23.1. The highest BCUT2D eigenvalue weighted by atomic mass is 31.2. The summed E-state index contributed by atoms with van der Waals surface area (Å²) >= 11 is 0. The molecule has 0 amide bonds. The van der Waals surface area contributed by atoms with Crippen LogP contribution in [0.15, 0.2) is 0 Å². The predicted octanol–water partition coefficient (Wildman–Crippen LogP) is 5.46. The van der Waals surface area contributed by atoms with Gasteiger partial charge in [-0.2, -0.15) is 0 Å². The maximum Gasteiger partial charge on any atom is 0.286 e. The average molecular weight is 348 g/mol. The van der Waals surface area contributed by atoms with Crippen LogP contribution in [0.5, 0.6) is 0 Å². The van der Waals surface area contributed by atoms with Gasteiger partial charge in [0.05, 0.1) is 0 Å². The van der Waals surface area contributed by atoms with Crippen molar-refractivity contribution in [3.63, 3.8) is 0 Å². The molecule has 0 saturated heterocycles. The monoisotopic (exact) mass is 347 g/mol. The van der Waals surface area contributed by atoms with Gasteiger partial charge in [0.25, 0.3) is 7.59 Å². The lowest BCUT2D eigenvalue weighted by molar-refractivity contribution is 0.261. The summed E-state index contributed by atoms with van der Waals surface area (Å²) < 4.78 is 21.4. The molecule has 0 rings (SSSR count). The van der Waals surface area contributed by atoms with Gasteiger partial charge in [-0.05, 0) is 38.5 Å². The zero-order chi connectivity index (χ0) is 17.7. The molecule has 23 heavy (non-hydrogen) atoms. The van der Waals surface area contributed by atoms with Crippen molar-refractivity contribution in [3.05, 3.63) is 0 Å². The van der Waals surface area contributed by atoms with Crippen molar-refractivity contribution in [3.8, 4) is 0 Å². The van der Waals surface area contributed by atoms with E-state index in [9.17, 15) is 4.57 Å². The van der Waals surface area contributed by atoms with E-state index in [4.69, 9.17) is 0 Å². The molecule has 0 radical (unpaired) electrons. The van der Waals surface area contributed by atoms with Gasteiger partial charge in [0.2, 0.25) is 0 Å². The number of nitrogens with zero attached hydrogens (tertiary/aromatic N) is 3. The van der Waals surface area contributed by atoms with Crippen molar-refractivity contribution in [2.24, 2.45) is 0 Å². The molecular formula is C18H42N3OP. The first-order chi connectivity index (χ1) is 11.1. The Morgan fingerprint density at radius 3 is 0.783 bits per heavy atom. The summed E-state index contributed by atoms with van der Waals surface area (Å²) in [6, 6.07) is 0. The van der Waals surface area contributed by atoms with Crippen LogP contribution in [0.25, 0.3) is 0 Å². The zero-order valence-corrected chi connectivity index (χ0v) is 17.6. The Morgan fingerprint density at radius 2 is 0.652 bits per heavy atom. The van der Waals surface area contributed by atoms with Crippen LogP contribution in [0.4, 0.5) is 0 Å². The van der Waals surface area contributed by atoms with Crippen LogP contribution in [0.1, 0.15) is 80.1 Å². The van der Waals surface area contributed by atoms with Crippen molar-refractivity contribution in [1.82, 2.24) is 14.0 Å². The summed E-state index contributed by atoms with van der Waals surface area (Å²) in [5.41, 5.74) is 0. The quantitative estimate of drug-likeness (QED) is 0.368. The van der Waals surface area contributed by atoms with E-state index in [-0.39, 0.29) is 0 Å². The molecule has 0 aromatic carbocycles. The standard InChI is InChI=1S/C18H42N3OP/c1-7-13-19(14-8-2)23(22,20(15-9-3)16-10-4)21(17-11-5)18-12-6/h7-18H2,1-6H3. The van der Waals surface area contributed by atoms with Gasteiger partial charge in [0, 0.05) is 39.3 Å². The average Bonchev–Trinajstić information content (AvgIpc) is 2.53. The minimum atomic E-state index is -2.65. The highest BCUT2D eigenvalue weighted by Crippen LogP contribution is 2.56. The Morgan fingerprint density at radius 1 is 0.478 bits per heavy atom. The van der Waals surface area contributed by atoms with Gasteiger partial charge < -0.3 is 0 Å². The first-order valence-corrected chi connectivity index (χ1v) is 11.5. The summed E-state index contributed by atoms with van der Waals surface area (Å²) in [5, 5.41) is 0. The van der Waals surface area contributed by atoms with E-state index >= 15 is 0 Å². The SMILES string of the molecule is CCCN(CCC)P(=O)(N(CCC)CCC)N(CCC)CCC. The summed E-state index contributed by atoms with van der Waals surface area (Å²) in [5.74, 6) is 0. The lowest BCUT2D eigenvalue weighted by Gasteiger charge is -2.45. The van der Waals surface area contributed by atoms with Crippen LogP contribution < -0.4 is 0 Å². The summed E-state index contributed by atoms with van der Waals surface area (Å²) in [6.45, 7) is 18.7. The highest BCUT2D eigenvalue weighted by molar-refractivity contribution is 7.56. The molecule has 0 aromatic heterocycles. The lowest BCUT2D eigenvalue weighted by atomic mass is 10.4. The second-order valence-electron chi connectivity index (χ2n) is 6.37. The second kappa shape index (κ2) is 13.4. The van der Waals surface area contributed by atoms with Gasteiger partial charge in [-0.3, -0.25) is 4.57 Å². The minimum Gasteiger partial charge on any atom is -0.270 e. The van der Waals surface area contributed by atoms with Crippen LogP contribution in [0, 0.1) is 0 Å². The molecule has 0 saturated carbocycles. The van der Waals surface area contributed by atoms with Crippen LogP contribution in [0.2, 0.25) is 0 Å². The Balaban J connectivity index is 5.79. The molecule has 5 heteroatoms. The molecule has 0 aliphatic carbocycles. The molecule has 0 bridgehead atoms. The largest absolute Gasteiger partial charge is 0.286 e. The highest BCUT2D eigenvalue weighted by Gasteiger charge is 2.40. The van der Waals surface area contributed by atoms with Crippen LogP contribution in [0.3, 0.4) is 0 Å². The van der Waals surface area contributed by atoms with E-state index < -0.39 is 7.59 Å². The fourth-order valence-corrected chi connectivity index (χ4v) is 7.04. The number of hydrogen-bond acceptors (Lipinski definition) is 1. The Labute approximate surface area is 146 Å². The van der Waals surface area contributed by atoms with E-state index in [1.807, 2.05) is 0 Å². The van der Waals surface area contributed by atoms with Crippen molar-refractivity contribution < 1.29 is 4.57 Å². The Bertz CT molecular complexity index is 260. The topological polar surface area (TPSA) is 26.8 Å². The van der Waals surface area contributed by atoms with Crippen LogP contribution in [-0.2, 0) is 4.57 Å². The van der Waals surface area contributed by atoms with Gasteiger partial charge >= 0.3 is 0 Å². The number of hydrogen-bond donors (Lipinski definition) is 0. The lowest BCUT2D eigenvalue weighted by Crippen LogP contribution is -2.43. The second-order valence-corrected chi connectivity index (χ2v) is 9.10. The first-order valence-electron chi connectivity index (χ1n) is 9.92. The van der Waals surface area contributed by atoms with Crippen molar-refractivity contribution in [2.75, 3.05) is 39.3 Å². The molecular weight excluding hydrogens is 305 g/mol. The minimum absolute atomic E-state index is 0.930. The molecule has 0 N–H and O–H groups in total. The molecule has 0 heterocycles. The van der Waals surface area contributed by atoms with Crippen molar-refractivity contribution in [2.45, 2.75) is 80.1 Å². The molecule has 0 spiro atoms. The Hall–Kier alpha value is 0.110. The smallest absolute Gasteiger partial charge is 0.270 e. The molecule has 0 aliphatic heterocycles. The molecule has 0 atom stereocenters. The van der Waals surface area contributed by atoms with Gasteiger partial charge in [-0.15, -0.1) is 0 Å². The fourth-order valence-electron chi connectivity index (χ4n) is 3.20. The molecule has 0 aliphatic rings. The maximum absolute atomic E-state index is 14.4. The molecule has 0 fully saturated rings. The fraction of sp³-hybridized carbons (Fsp3) is 1.00. The summed E-state index contributed by atoms with van der Waals surface area (Å²) in [6.07, 6.45) is 6.35. The van der Waals surface area contributed by atoms with E-state index in [1.165, 1.54) is 0 Å². The Kier molecular flexibility index (Phi) is 13.5. The van der Waals surface area contributed by atoms with E-state index in [1.54, 1.807) is 0 Å². The van der Waals surface area contributed by atoms with Crippen LogP contribution in [-0.4, -0.2) is 53.3 Å². The third-order valence-corrected chi connectivity index (χ3v) is 7.41. The van der Waals surface area contributed by atoms with Gasteiger partial charge in [0.1, 0.15) is 0 Å². The van der Waals surface area contributed by atoms with E-state index in [0.29, 0.717) is 0 Å². The normalized spacial score (nSPS) is 12.7. The predicted molar refractivity (Wildman–Crippen MR) is 104 cm³/mol. The van der Waals surface area contributed by atoms with Gasteiger partial charge in [-0.25, -0.2) is 14.0 Å². The third kappa shape index (κ3) is 6.86. The van der Waals surface area contributed by atoms with Gasteiger partial charge in [0.15, 0.2) is 0 Å². The summed E-state index contributed by atoms with van der Waals surface area (Å²) in [4.78, 5) is 0. The summed E-state index contributed by atoms with van der Waals surface area (Å²) in [7, 11) is -2.65. The molecule has 0 aromatic rings. The molecule has 140 valence electrons. The third-order valence-electron chi connectivity index (χ3n) is 4.00. The van der Waals surface area contributed by atoms with Crippen LogP contribution >= 0.6 is 7.59 Å². The van der Waals surface area contributed by atoms with Crippen molar-refractivity contribution >= 4 is 7.59 Å². The van der Waals surface area contributed by atoms with E-state index in [2.05, 4.69) is 55.6 Å². The van der Waals surface area contributed by atoms with Gasteiger partial charge in [-0.1, -0.05) is 41.5 Å². The van der Waals surface area contributed by atoms with Crippen molar-refractivity contribution in [1.29, 1.82) is 0 Å². The van der Waals surface area contributed by atoms with E-state index in [0.717, 1.165) is 77.8 Å². The zero-order valence-electron chi connectivity index (χ0n) is 16.7.